The van der Waals surface area contributed by atoms with Crippen molar-refractivity contribution in [3.63, 3.8) is 0 Å². The van der Waals surface area contributed by atoms with Gasteiger partial charge in [-0.3, -0.25) is 9.78 Å². The summed E-state index contributed by atoms with van der Waals surface area (Å²) in [7, 11) is 0. The molecule has 0 radical (unpaired) electrons. The minimum Gasteiger partial charge on any atom is -0.494 e. The molecule has 0 aliphatic carbocycles. The first kappa shape index (κ1) is 11.8. The highest BCUT2D eigenvalue weighted by atomic mass is 19.1. The van der Waals surface area contributed by atoms with Crippen LogP contribution in [0.25, 0.3) is 11.1 Å². The predicted molar refractivity (Wildman–Crippen MR) is 58.8 cm³/mol. The molecule has 4 nitrogen and oxygen atoms in total. The fraction of sp³-hybridized carbons (Fsp3) is 0. The normalized spacial score (nSPS) is 10.1. The average Bonchev–Trinajstić information content (AvgIpc) is 2.31. The predicted octanol–water partition coefficient (Wildman–Crippen LogP) is 1.90. The van der Waals surface area contributed by atoms with E-state index in [1.165, 1.54) is 0 Å². The Hall–Kier alpha value is -2.68. The van der Waals surface area contributed by atoms with E-state index >= 15 is 0 Å². The van der Waals surface area contributed by atoms with Crippen LogP contribution in [-0.4, -0.2) is 10.1 Å². The minimum absolute atomic E-state index is 0.157. The van der Waals surface area contributed by atoms with Crippen molar-refractivity contribution in [3.8, 4) is 23.1 Å². The van der Waals surface area contributed by atoms with Gasteiger partial charge in [-0.15, -0.1) is 0 Å². The molecule has 0 atom stereocenters. The third-order valence-corrected chi connectivity index (χ3v) is 2.35. The monoisotopic (exact) mass is 248 g/mol. The lowest BCUT2D eigenvalue weighted by Gasteiger charge is -2.06. The standard InChI is InChI=1S/C12H6F2N2O2/c13-6-1-2-10(14)8(3-6)7-4-11(17)16-12(18)9(7)5-15/h1-4H,(H2,16,17,18). The van der Waals surface area contributed by atoms with Crippen LogP contribution >= 0.6 is 0 Å². The Kier molecular flexibility index (Phi) is 2.81. The molecule has 0 fully saturated rings. The summed E-state index contributed by atoms with van der Waals surface area (Å²) in [5, 5.41) is 18.3. The summed E-state index contributed by atoms with van der Waals surface area (Å²) in [5.41, 5.74) is -1.45. The number of aromatic amines is 1. The summed E-state index contributed by atoms with van der Waals surface area (Å²) in [6.07, 6.45) is 0. The van der Waals surface area contributed by atoms with Crippen LogP contribution in [0.5, 0.6) is 5.88 Å². The Morgan fingerprint density at radius 3 is 2.61 bits per heavy atom. The summed E-state index contributed by atoms with van der Waals surface area (Å²) in [5.74, 6) is -2.18. The maximum atomic E-state index is 13.6. The number of benzene rings is 1. The van der Waals surface area contributed by atoms with E-state index in [1.807, 2.05) is 4.98 Å². The summed E-state index contributed by atoms with van der Waals surface area (Å²) in [6, 6.07) is 5.20. The van der Waals surface area contributed by atoms with Gasteiger partial charge in [0, 0.05) is 17.2 Å². The summed E-state index contributed by atoms with van der Waals surface area (Å²) < 4.78 is 26.6. The van der Waals surface area contributed by atoms with E-state index in [0.717, 1.165) is 24.3 Å². The highest BCUT2D eigenvalue weighted by Gasteiger charge is 2.15. The van der Waals surface area contributed by atoms with Crippen molar-refractivity contribution in [2.75, 3.05) is 0 Å². The van der Waals surface area contributed by atoms with Crippen LogP contribution in [0.1, 0.15) is 5.56 Å². The molecule has 0 bridgehead atoms. The van der Waals surface area contributed by atoms with Gasteiger partial charge in [0.25, 0.3) is 5.56 Å². The maximum Gasteiger partial charge on any atom is 0.251 e. The van der Waals surface area contributed by atoms with Crippen LogP contribution in [0, 0.1) is 23.0 Å². The molecule has 0 amide bonds. The number of rotatable bonds is 1. The fourth-order valence-corrected chi connectivity index (χ4v) is 1.58. The Morgan fingerprint density at radius 2 is 1.94 bits per heavy atom. The molecule has 0 spiro atoms. The van der Waals surface area contributed by atoms with E-state index in [1.54, 1.807) is 6.07 Å². The van der Waals surface area contributed by atoms with Gasteiger partial charge in [-0.05, 0) is 18.2 Å². The summed E-state index contributed by atoms with van der Waals surface area (Å²) >= 11 is 0. The van der Waals surface area contributed by atoms with Crippen LogP contribution in [0.2, 0.25) is 0 Å². The molecule has 2 N–H and O–H groups in total. The van der Waals surface area contributed by atoms with Crippen molar-refractivity contribution >= 4 is 0 Å². The van der Waals surface area contributed by atoms with Gasteiger partial charge in [0.05, 0.1) is 0 Å². The first-order valence-corrected chi connectivity index (χ1v) is 4.84. The molecular formula is C12H6F2N2O2. The van der Waals surface area contributed by atoms with Crippen molar-refractivity contribution in [1.29, 1.82) is 5.26 Å². The number of nitrogens with zero attached hydrogens (tertiary/aromatic N) is 1. The van der Waals surface area contributed by atoms with E-state index in [4.69, 9.17) is 5.26 Å². The topological polar surface area (TPSA) is 76.9 Å². The third kappa shape index (κ3) is 1.94. The molecule has 1 heterocycles. The molecule has 1 aromatic carbocycles. The lowest BCUT2D eigenvalue weighted by Crippen LogP contribution is -2.06. The molecule has 18 heavy (non-hydrogen) atoms. The molecule has 0 aliphatic heterocycles. The summed E-state index contributed by atoms with van der Waals surface area (Å²) in [4.78, 5) is 13.2. The van der Waals surface area contributed by atoms with Crippen LogP contribution in [0.15, 0.2) is 29.1 Å². The highest BCUT2D eigenvalue weighted by Crippen LogP contribution is 2.28. The molecule has 1 aromatic heterocycles. The average molecular weight is 248 g/mol. The zero-order valence-electron chi connectivity index (χ0n) is 8.87. The Bertz CT molecular complexity index is 717. The number of nitriles is 1. The molecule has 2 aromatic rings. The number of halogens is 2. The van der Waals surface area contributed by atoms with Crippen LogP contribution in [0.4, 0.5) is 8.78 Å². The number of aromatic hydroxyl groups is 1. The van der Waals surface area contributed by atoms with Gasteiger partial charge in [0.2, 0.25) is 5.88 Å². The second-order valence-electron chi connectivity index (χ2n) is 3.51. The van der Waals surface area contributed by atoms with Crippen molar-refractivity contribution in [1.82, 2.24) is 4.98 Å². The van der Waals surface area contributed by atoms with Gasteiger partial charge in [-0.1, -0.05) is 0 Å². The zero-order chi connectivity index (χ0) is 13.3. The molecule has 0 saturated heterocycles. The number of hydrogen-bond acceptors (Lipinski definition) is 3. The van der Waals surface area contributed by atoms with Crippen LogP contribution < -0.4 is 5.56 Å². The van der Waals surface area contributed by atoms with E-state index < -0.39 is 23.1 Å². The number of pyridine rings is 1. The Balaban J connectivity index is 2.83. The number of nitrogens with one attached hydrogen (secondary N) is 1. The maximum absolute atomic E-state index is 13.6. The second-order valence-corrected chi connectivity index (χ2v) is 3.51. The van der Waals surface area contributed by atoms with Crippen molar-refractivity contribution in [3.05, 3.63) is 51.8 Å². The van der Waals surface area contributed by atoms with E-state index in [-0.39, 0.29) is 16.7 Å². The highest BCUT2D eigenvalue weighted by molar-refractivity contribution is 5.72. The molecule has 2 rings (SSSR count). The molecule has 0 aliphatic rings. The van der Waals surface area contributed by atoms with Gasteiger partial charge in [-0.2, -0.15) is 5.26 Å². The number of H-pyrrole nitrogens is 1. The van der Waals surface area contributed by atoms with Gasteiger partial charge in [0.15, 0.2) is 0 Å². The smallest absolute Gasteiger partial charge is 0.251 e. The summed E-state index contributed by atoms with van der Waals surface area (Å²) in [6.45, 7) is 0. The molecule has 0 unspecified atom stereocenters. The molecule has 6 heteroatoms. The SMILES string of the molecule is N#Cc1c(-c2cc(F)ccc2F)cc(=O)[nH]c1O. The van der Waals surface area contributed by atoms with Gasteiger partial charge in [0.1, 0.15) is 23.3 Å². The van der Waals surface area contributed by atoms with Crippen LogP contribution in [-0.2, 0) is 0 Å². The zero-order valence-corrected chi connectivity index (χ0v) is 8.87. The third-order valence-electron chi connectivity index (χ3n) is 2.35. The van der Waals surface area contributed by atoms with E-state index in [9.17, 15) is 18.7 Å². The van der Waals surface area contributed by atoms with E-state index in [0.29, 0.717) is 0 Å². The van der Waals surface area contributed by atoms with E-state index in [2.05, 4.69) is 0 Å². The first-order valence-electron chi connectivity index (χ1n) is 4.84. The Labute approximate surface area is 99.8 Å². The molecule has 0 saturated carbocycles. The number of aromatic nitrogens is 1. The lowest BCUT2D eigenvalue weighted by molar-refractivity contribution is 0.450. The molecule has 90 valence electrons. The van der Waals surface area contributed by atoms with Crippen molar-refractivity contribution in [2.45, 2.75) is 0 Å². The van der Waals surface area contributed by atoms with Gasteiger partial charge < -0.3 is 5.11 Å². The first-order chi connectivity index (χ1) is 8.52. The minimum atomic E-state index is -0.794. The van der Waals surface area contributed by atoms with Crippen molar-refractivity contribution < 1.29 is 13.9 Å². The van der Waals surface area contributed by atoms with Gasteiger partial charge in [-0.25, -0.2) is 8.78 Å². The lowest BCUT2D eigenvalue weighted by atomic mass is 10.0. The number of hydrogen-bond donors (Lipinski definition) is 2. The largest absolute Gasteiger partial charge is 0.494 e. The fourth-order valence-electron chi connectivity index (χ4n) is 1.58. The quantitative estimate of drug-likeness (QED) is 0.809. The van der Waals surface area contributed by atoms with Crippen molar-refractivity contribution in [2.24, 2.45) is 0 Å². The van der Waals surface area contributed by atoms with Gasteiger partial charge >= 0.3 is 0 Å². The second kappa shape index (κ2) is 4.30. The molecular weight excluding hydrogens is 242 g/mol. The Morgan fingerprint density at radius 1 is 1.22 bits per heavy atom. The van der Waals surface area contributed by atoms with Crippen LogP contribution in [0.3, 0.4) is 0 Å².